The molecule has 1 atom stereocenters. The van der Waals surface area contributed by atoms with Gasteiger partial charge in [0.05, 0.1) is 12.1 Å². The number of nitrogens with zero attached hydrogens (tertiary/aromatic N) is 2. The quantitative estimate of drug-likeness (QED) is 0.406. The maximum Gasteiger partial charge on any atom is 0.165 e. The molecule has 0 aromatic heterocycles. The topological polar surface area (TPSA) is 15.6 Å². The average Bonchev–Trinajstić information content (AvgIpc) is 3.51. The lowest BCUT2D eigenvalue weighted by Crippen LogP contribution is -2.27. The minimum atomic E-state index is 0.282. The number of amidine groups is 1. The molecule has 0 bridgehead atoms. The van der Waals surface area contributed by atoms with E-state index >= 15 is 0 Å². The van der Waals surface area contributed by atoms with Crippen molar-refractivity contribution in [3.05, 3.63) is 82.8 Å². The van der Waals surface area contributed by atoms with Gasteiger partial charge in [-0.1, -0.05) is 105 Å². The number of hydrogen-bond donors (Lipinski definition) is 0. The van der Waals surface area contributed by atoms with Crippen LogP contribution in [0.1, 0.15) is 69.0 Å². The van der Waals surface area contributed by atoms with E-state index in [1.165, 1.54) is 66.1 Å². The maximum absolute atomic E-state index is 5.11. The van der Waals surface area contributed by atoms with Gasteiger partial charge in [0, 0.05) is 11.4 Å². The van der Waals surface area contributed by atoms with E-state index < -0.39 is 0 Å². The summed E-state index contributed by atoms with van der Waals surface area (Å²) >= 11 is 1.91. The van der Waals surface area contributed by atoms with E-state index in [9.17, 15) is 0 Å². The summed E-state index contributed by atoms with van der Waals surface area (Å²) in [6.45, 7) is 3.19. The third-order valence-electron chi connectivity index (χ3n) is 5.59. The minimum Gasteiger partial charge on any atom is -0.335 e. The molecule has 2 aromatic carbocycles. The summed E-state index contributed by atoms with van der Waals surface area (Å²) in [6, 6.07) is 22.6. The predicted octanol–water partition coefficient (Wildman–Crippen LogP) is 7.35. The highest BCUT2D eigenvalue weighted by molar-refractivity contribution is 8.17. The van der Waals surface area contributed by atoms with Crippen LogP contribution in [0.5, 0.6) is 0 Å². The van der Waals surface area contributed by atoms with Crippen LogP contribution >= 0.6 is 11.8 Å². The van der Waals surface area contributed by atoms with Crippen molar-refractivity contribution in [1.29, 1.82) is 0 Å². The molecule has 2 fully saturated rings. The summed E-state index contributed by atoms with van der Waals surface area (Å²) in [5, 5.41) is 1.21. The Hall–Kier alpha value is -2.00. The number of hydrogen-bond acceptors (Lipinski definition) is 2. The molecule has 1 aliphatic carbocycles. The second kappa shape index (κ2) is 10.2. The number of rotatable bonds is 9. The number of unbranched alkanes of at least 4 members (excludes halogenated alkanes) is 4. The summed E-state index contributed by atoms with van der Waals surface area (Å²) in [6.07, 6.45) is 11.4. The highest BCUT2D eigenvalue weighted by atomic mass is 32.2. The number of thioether (sulfide) groups is 1. The summed E-state index contributed by atoms with van der Waals surface area (Å²) in [5.41, 5.74) is 2.72. The summed E-state index contributed by atoms with van der Waals surface area (Å²) < 4.78 is 0. The molecule has 29 heavy (non-hydrogen) atoms. The van der Waals surface area contributed by atoms with Crippen LogP contribution in [0.25, 0.3) is 0 Å². The van der Waals surface area contributed by atoms with Gasteiger partial charge in [0.25, 0.3) is 0 Å². The predicted molar refractivity (Wildman–Crippen MR) is 126 cm³/mol. The van der Waals surface area contributed by atoms with Crippen molar-refractivity contribution < 1.29 is 0 Å². The Kier molecular flexibility index (Phi) is 7.10. The van der Waals surface area contributed by atoms with Crippen LogP contribution in [-0.4, -0.2) is 16.1 Å². The average molecular weight is 405 g/mol. The Balaban J connectivity index is 1.62. The van der Waals surface area contributed by atoms with E-state index in [1.54, 1.807) is 0 Å². The molecule has 2 nitrogen and oxygen atoms in total. The van der Waals surface area contributed by atoms with Gasteiger partial charge in [-0.2, -0.15) is 0 Å². The van der Waals surface area contributed by atoms with Gasteiger partial charge in [0.15, 0.2) is 5.17 Å². The van der Waals surface area contributed by atoms with Gasteiger partial charge in [-0.15, -0.1) is 0 Å². The molecule has 1 aliphatic heterocycles. The smallest absolute Gasteiger partial charge is 0.165 e. The molecule has 3 heteroatoms. The highest BCUT2D eigenvalue weighted by Gasteiger charge is 2.37. The second-order valence-electron chi connectivity index (χ2n) is 8.13. The third-order valence-corrected chi connectivity index (χ3v) is 6.74. The molecule has 2 aromatic rings. The van der Waals surface area contributed by atoms with Gasteiger partial charge in [-0.05, 0) is 36.8 Å². The van der Waals surface area contributed by atoms with Gasteiger partial charge < -0.3 is 4.90 Å². The SMILES string of the molecule is CCCCCC/C=C1\SC(=NC2CC2)N(Cc2ccccc2)C1c1ccccc1. The first-order valence-corrected chi connectivity index (χ1v) is 12.0. The first-order valence-electron chi connectivity index (χ1n) is 11.2. The van der Waals surface area contributed by atoms with Crippen molar-refractivity contribution in [2.45, 2.75) is 70.5 Å². The van der Waals surface area contributed by atoms with Crippen molar-refractivity contribution in [2.75, 3.05) is 0 Å². The Labute approximate surface area is 180 Å². The summed E-state index contributed by atoms with van der Waals surface area (Å²) in [7, 11) is 0. The fourth-order valence-electron chi connectivity index (χ4n) is 3.83. The van der Waals surface area contributed by atoms with Crippen molar-refractivity contribution in [3.8, 4) is 0 Å². The van der Waals surface area contributed by atoms with Crippen LogP contribution < -0.4 is 0 Å². The monoisotopic (exact) mass is 404 g/mol. The summed E-state index contributed by atoms with van der Waals surface area (Å²) in [4.78, 5) is 9.11. The fraction of sp³-hybridized carbons (Fsp3) is 0.423. The Morgan fingerprint density at radius 1 is 0.966 bits per heavy atom. The molecular weight excluding hydrogens is 372 g/mol. The molecule has 152 valence electrons. The molecule has 1 saturated heterocycles. The molecule has 1 unspecified atom stereocenters. The van der Waals surface area contributed by atoms with Crippen molar-refractivity contribution in [3.63, 3.8) is 0 Å². The van der Waals surface area contributed by atoms with Crippen LogP contribution in [0, 0.1) is 0 Å². The van der Waals surface area contributed by atoms with Crippen LogP contribution in [0.3, 0.4) is 0 Å². The molecule has 2 aliphatic rings. The van der Waals surface area contributed by atoms with Crippen LogP contribution in [0.15, 0.2) is 76.6 Å². The van der Waals surface area contributed by atoms with E-state index in [1.807, 2.05) is 11.8 Å². The van der Waals surface area contributed by atoms with E-state index in [4.69, 9.17) is 4.99 Å². The molecule has 4 rings (SSSR count). The molecule has 1 heterocycles. The van der Waals surface area contributed by atoms with Gasteiger partial charge in [-0.3, -0.25) is 4.99 Å². The van der Waals surface area contributed by atoms with Crippen LogP contribution in [0.2, 0.25) is 0 Å². The van der Waals surface area contributed by atoms with Crippen molar-refractivity contribution >= 4 is 16.9 Å². The maximum atomic E-state index is 5.11. The van der Waals surface area contributed by atoms with E-state index in [0.717, 1.165) is 6.54 Å². The van der Waals surface area contributed by atoms with Gasteiger partial charge in [0.2, 0.25) is 0 Å². The zero-order valence-corrected chi connectivity index (χ0v) is 18.3. The first kappa shape index (κ1) is 20.3. The zero-order chi connectivity index (χ0) is 19.9. The third kappa shape index (κ3) is 5.54. The molecule has 1 saturated carbocycles. The van der Waals surface area contributed by atoms with Gasteiger partial charge >= 0.3 is 0 Å². The second-order valence-corrected chi connectivity index (χ2v) is 9.17. The molecule has 0 radical (unpaired) electrons. The highest BCUT2D eigenvalue weighted by Crippen LogP contribution is 2.47. The zero-order valence-electron chi connectivity index (χ0n) is 17.5. The molecule has 0 spiro atoms. The molecular formula is C26H32N2S. The number of allylic oxidation sites excluding steroid dienone is 1. The Morgan fingerprint density at radius 3 is 2.38 bits per heavy atom. The normalized spacial score (nSPS) is 22.0. The number of benzene rings is 2. The van der Waals surface area contributed by atoms with Crippen molar-refractivity contribution in [1.82, 2.24) is 4.90 Å². The lowest BCUT2D eigenvalue weighted by molar-refractivity contribution is 0.367. The van der Waals surface area contributed by atoms with Crippen LogP contribution in [-0.2, 0) is 6.54 Å². The van der Waals surface area contributed by atoms with E-state index in [0.29, 0.717) is 6.04 Å². The largest absolute Gasteiger partial charge is 0.335 e. The standard InChI is InChI=1S/C26H32N2S/c1-2-3-4-5-12-17-24-25(22-15-10-7-11-16-22)28(20-21-13-8-6-9-14-21)26(29-24)27-23-18-19-23/h6-11,13-17,23,25H,2-5,12,18-20H2,1H3/b24-17-,27-26?. The molecule has 0 amide bonds. The summed E-state index contributed by atoms with van der Waals surface area (Å²) in [5.74, 6) is 0. The first-order chi connectivity index (χ1) is 14.3. The van der Waals surface area contributed by atoms with E-state index in [-0.39, 0.29) is 6.04 Å². The van der Waals surface area contributed by atoms with E-state index in [2.05, 4.69) is 78.6 Å². The van der Waals surface area contributed by atoms with Crippen LogP contribution in [0.4, 0.5) is 0 Å². The number of aliphatic imine (C=N–C) groups is 1. The Bertz CT molecular complexity index is 824. The van der Waals surface area contributed by atoms with Gasteiger partial charge in [0.1, 0.15) is 0 Å². The van der Waals surface area contributed by atoms with Gasteiger partial charge in [-0.25, -0.2) is 0 Å². The van der Waals surface area contributed by atoms with Crippen molar-refractivity contribution in [2.24, 2.45) is 4.99 Å². The minimum absolute atomic E-state index is 0.282. The lowest BCUT2D eigenvalue weighted by Gasteiger charge is -2.27. The lowest BCUT2D eigenvalue weighted by atomic mass is 10.0. The fourth-order valence-corrected chi connectivity index (χ4v) is 5.11. The Morgan fingerprint density at radius 2 is 1.69 bits per heavy atom. The molecule has 0 N–H and O–H groups in total.